The lowest BCUT2D eigenvalue weighted by atomic mass is 9.84. The van der Waals surface area contributed by atoms with Gasteiger partial charge < -0.3 is 9.69 Å². The van der Waals surface area contributed by atoms with E-state index >= 15 is 0 Å². The van der Waals surface area contributed by atoms with Crippen molar-refractivity contribution >= 4 is 12.0 Å². The van der Waals surface area contributed by atoms with Crippen LogP contribution in [0.15, 0.2) is 24.3 Å². The lowest BCUT2D eigenvalue weighted by molar-refractivity contribution is -0.109. The van der Waals surface area contributed by atoms with Gasteiger partial charge in [-0.05, 0) is 23.5 Å². The predicted molar refractivity (Wildman–Crippen MR) is 67.0 cm³/mol. The van der Waals surface area contributed by atoms with Crippen LogP contribution < -0.4 is 4.90 Å². The van der Waals surface area contributed by atoms with E-state index in [-0.39, 0.29) is 11.5 Å². The Morgan fingerprint density at radius 2 is 2.00 bits per heavy atom. The molecule has 16 heavy (non-hydrogen) atoms. The quantitative estimate of drug-likeness (QED) is 0.710. The molecule has 1 aromatic rings. The first kappa shape index (κ1) is 11.2. The van der Waals surface area contributed by atoms with Gasteiger partial charge in [-0.1, -0.05) is 39.0 Å². The first-order chi connectivity index (χ1) is 7.54. The molecule has 0 aliphatic carbocycles. The average Bonchev–Trinajstić information content (AvgIpc) is 2.16. The van der Waals surface area contributed by atoms with Gasteiger partial charge in [-0.3, -0.25) is 0 Å². The number of benzene rings is 1. The van der Waals surface area contributed by atoms with Crippen LogP contribution in [0.5, 0.6) is 0 Å². The molecule has 1 aliphatic heterocycles. The SMILES string of the molecule is CC(C)(C)c1ccccc1N1CCC1C=O. The van der Waals surface area contributed by atoms with Crippen LogP contribution in [0, 0.1) is 0 Å². The minimum atomic E-state index is 0.0866. The second kappa shape index (κ2) is 3.93. The number of hydrogen-bond acceptors (Lipinski definition) is 2. The standard InChI is InChI=1S/C14H19NO/c1-14(2,3)12-6-4-5-7-13(12)15-9-8-11(15)10-16/h4-7,10-11H,8-9H2,1-3H3. The summed E-state index contributed by atoms with van der Waals surface area (Å²) in [5, 5.41) is 0. The monoisotopic (exact) mass is 217 g/mol. The molecule has 0 spiro atoms. The van der Waals surface area contributed by atoms with Gasteiger partial charge in [-0.2, -0.15) is 0 Å². The van der Waals surface area contributed by atoms with E-state index in [1.54, 1.807) is 0 Å². The molecule has 0 bridgehead atoms. The minimum absolute atomic E-state index is 0.0866. The molecule has 86 valence electrons. The van der Waals surface area contributed by atoms with E-state index in [2.05, 4.69) is 43.9 Å². The number of rotatable bonds is 2. The van der Waals surface area contributed by atoms with Crippen LogP contribution in [0.4, 0.5) is 5.69 Å². The van der Waals surface area contributed by atoms with Crippen molar-refractivity contribution in [1.82, 2.24) is 0 Å². The largest absolute Gasteiger partial charge is 0.361 e. The van der Waals surface area contributed by atoms with Crippen molar-refractivity contribution < 1.29 is 4.79 Å². The highest BCUT2D eigenvalue weighted by Gasteiger charge is 2.31. The summed E-state index contributed by atoms with van der Waals surface area (Å²) < 4.78 is 0. The Morgan fingerprint density at radius 3 is 2.50 bits per heavy atom. The fourth-order valence-electron chi connectivity index (χ4n) is 2.21. The highest BCUT2D eigenvalue weighted by Crippen LogP contribution is 2.35. The number of hydrogen-bond donors (Lipinski definition) is 0. The Labute approximate surface area is 97.3 Å². The second-order valence-corrected chi connectivity index (χ2v) is 5.45. The van der Waals surface area contributed by atoms with Crippen molar-refractivity contribution in [2.45, 2.75) is 38.6 Å². The third kappa shape index (κ3) is 1.84. The molecule has 2 rings (SSSR count). The smallest absolute Gasteiger partial charge is 0.142 e. The molecule has 1 heterocycles. The molecular weight excluding hydrogens is 198 g/mol. The molecule has 1 aliphatic rings. The number of anilines is 1. The van der Waals surface area contributed by atoms with Gasteiger partial charge in [0.15, 0.2) is 0 Å². The highest BCUT2D eigenvalue weighted by molar-refractivity contribution is 5.71. The van der Waals surface area contributed by atoms with Crippen LogP contribution in [-0.2, 0) is 10.2 Å². The molecule has 0 aromatic heterocycles. The zero-order valence-electron chi connectivity index (χ0n) is 10.2. The average molecular weight is 217 g/mol. The van der Waals surface area contributed by atoms with E-state index in [1.165, 1.54) is 11.3 Å². The number of carbonyl (C=O) groups excluding carboxylic acids is 1. The van der Waals surface area contributed by atoms with Crippen molar-refractivity contribution in [1.29, 1.82) is 0 Å². The molecule has 0 amide bonds. The van der Waals surface area contributed by atoms with Crippen molar-refractivity contribution in [3.05, 3.63) is 29.8 Å². The van der Waals surface area contributed by atoms with Crippen molar-refractivity contribution in [3.63, 3.8) is 0 Å². The predicted octanol–water partition coefficient (Wildman–Crippen LogP) is 2.76. The maximum atomic E-state index is 10.9. The third-order valence-electron chi connectivity index (χ3n) is 3.24. The summed E-state index contributed by atoms with van der Waals surface area (Å²) in [7, 11) is 0. The van der Waals surface area contributed by atoms with Gasteiger partial charge in [0.1, 0.15) is 6.29 Å². The van der Waals surface area contributed by atoms with Crippen molar-refractivity contribution in [3.8, 4) is 0 Å². The summed E-state index contributed by atoms with van der Waals surface area (Å²) in [6.45, 7) is 7.63. The van der Waals surface area contributed by atoms with E-state index in [1.807, 2.05) is 6.07 Å². The molecule has 2 heteroatoms. The van der Waals surface area contributed by atoms with Crippen molar-refractivity contribution in [2.75, 3.05) is 11.4 Å². The summed E-state index contributed by atoms with van der Waals surface area (Å²) in [6.07, 6.45) is 2.05. The molecule has 1 atom stereocenters. The van der Waals surface area contributed by atoms with E-state index in [0.717, 1.165) is 19.3 Å². The minimum Gasteiger partial charge on any atom is -0.361 e. The van der Waals surface area contributed by atoms with Crippen LogP contribution in [-0.4, -0.2) is 18.9 Å². The highest BCUT2D eigenvalue weighted by atomic mass is 16.1. The summed E-state index contributed by atoms with van der Waals surface area (Å²) in [6, 6.07) is 8.49. The third-order valence-corrected chi connectivity index (χ3v) is 3.24. The summed E-state index contributed by atoms with van der Waals surface area (Å²) in [5.41, 5.74) is 2.67. The number of para-hydroxylation sites is 1. The molecule has 1 unspecified atom stereocenters. The van der Waals surface area contributed by atoms with Gasteiger partial charge in [0, 0.05) is 12.2 Å². The molecule has 0 N–H and O–H groups in total. The lowest BCUT2D eigenvalue weighted by Crippen LogP contribution is -2.49. The maximum Gasteiger partial charge on any atom is 0.142 e. The van der Waals surface area contributed by atoms with Crippen LogP contribution in [0.2, 0.25) is 0 Å². The number of aldehydes is 1. The van der Waals surface area contributed by atoms with Gasteiger partial charge in [0.05, 0.1) is 6.04 Å². The summed E-state index contributed by atoms with van der Waals surface area (Å²) >= 11 is 0. The molecule has 0 saturated carbocycles. The van der Waals surface area contributed by atoms with E-state index in [4.69, 9.17) is 0 Å². The summed E-state index contributed by atoms with van der Waals surface area (Å²) in [4.78, 5) is 13.1. The molecule has 1 saturated heterocycles. The first-order valence-corrected chi connectivity index (χ1v) is 5.85. The second-order valence-electron chi connectivity index (χ2n) is 5.45. The molecule has 1 aromatic carbocycles. The fourth-order valence-corrected chi connectivity index (χ4v) is 2.21. The van der Waals surface area contributed by atoms with Crippen LogP contribution >= 0.6 is 0 Å². The van der Waals surface area contributed by atoms with E-state index < -0.39 is 0 Å². The number of carbonyl (C=O) groups is 1. The maximum absolute atomic E-state index is 10.9. The van der Waals surface area contributed by atoms with Gasteiger partial charge >= 0.3 is 0 Å². The van der Waals surface area contributed by atoms with Crippen LogP contribution in [0.1, 0.15) is 32.8 Å². The fraction of sp³-hybridized carbons (Fsp3) is 0.500. The molecular formula is C14H19NO. The normalized spacial score (nSPS) is 20.4. The zero-order chi connectivity index (χ0) is 11.8. The Balaban J connectivity index is 2.37. The van der Waals surface area contributed by atoms with Gasteiger partial charge in [0.2, 0.25) is 0 Å². The molecule has 0 radical (unpaired) electrons. The van der Waals surface area contributed by atoms with Crippen LogP contribution in [0.25, 0.3) is 0 Å². The van der Waals surface area contributed by atoms with Gasteiger partial charge in [-0.25, -0.2) is 0 Å². The topological polar surface area (TPSA) is 20.3 Å². The zero-order valence-corrected chi connectivity index (χ0v) is 10.2. The Bertz CT molecular complexity index is 392. The number of nitrogens with zero attached hydrogens (tertiary/aromatic N) is 1. The van der Waals surface area contributed by atoms with Gasteiger partial charge in [0.25, 0.3) is 0 Å². The van der Waals surface area contributed by atoms with Gasteiger partial charge in [-0.15, -0.1) is 0 Å². The summed E-state index contributed by atoms with van der Waals surface area (Å²) in [5.74, 6) is 0. The van der Waals surface area contributed by atoms with E-state index in [9.17, 15) is 4.79 Å². The van der Waals surface area contributed by atoms with E-state index in [0.29, 0.717) is 0 Å². The molecule has 1 fully saturated rings. The van der Waals surface area contributed by atoms with Crippen molar-refractivity contribution in [2.24, 2.45) is 0 Å². The Kier molecular flexibility index (Phi) is 2.75. The van der Waals surface area contributed by atoms with Crippen LogP contribution in [0.3, 0.4) is 0 Å². The first-order valence-electron chi connectivity index (χ1n) is 5.85. The lowest BCUT2D eigenvalue weighted by Gasteiger charge is -2.42. The Hall–Kier alpha value is -1.31. The molecule has 2 nitrogen and oxygen atoms in total. The Morgan fingerprint density at radius 1 is 1.31 bits per heavy atom.